The second-order valence-corrected chi connectivity index (χ2v) is 4.95. The lowest BCUT2D eigenvalue weighted by Gasteiger charge is -2.23. The summed E-state index contributed by atoms with van der Waals surface area (Å²) in [7, 11) is 0. The van der Waals surface area contributed by atoms with Crippen molar-refractivity contribution in [2.24, 2.45) is 0 Å². The first-order valence-corrected chi connectivity index (χ1v) is 7.36. The molecule has 22 heavy (non-hydrogen) atoms. The fourth-order valence-electron chi connectivity index (χ4n) is 2.12. The van der Waals surface area contributed by atoms with E-state index in [0.29, 0.717) is 26.1 Å². The predicted molar refractivity (Wildman–Crippen MR) is 83.8 cm³/mol. The number of carbonyl (C=O) groups is 1. The third-order valence-electron chi connectivity index (χ3n) is 3.27. The summed E-state index contributed by atoms with van der Waals surface area (Å²) in [5.74, 6) is -0.276. The van der Waals surface area contributed by atoms with Crippen molar-refractivity contribution in [3.63, 3.8) is 0 Å². The number of aromatic nitrogens is 1. The minimum absolute atomic E-state index is 0.122. The maximum absolute atomic E-state index is 13.0. The molecule has 0 aliphatic rings. The van der Waals surface area contributed by atoms with Gasteiger partial charge in [0.2, 0.25) is 0 Å². The number of hydrogen-bond donors (Lipinski definition) is 1. The Morgan fingerprint density at radius 2 is 2.00 bits per heavy atom. The minimum Gasteiger partial charge on any atom is -0.338 e. The van der Waals surface area contributed by atoms with Crippen molar-refractivity contribution in [2.45, 2.75) is 19.9 Å². The number of carbonyl (C=O) groups excluding carboxylic acids is 1. The molecule has 0 spiro atoms. The van der Waals surface area contributed by atoms with Crippen molar-refractivity contribution in [3.8, 4) is 0 Å². The molecule has 1 heterocycles. The largest absolute Gasteiger partial charge is 0.338 e. The summed E-state index contributed by atoms with van der Waals surface area (Å²) in [5.41, 5.74) is 1.84. The van der Waals surface area contributed by atoms with Gasteiger partial charge in [-0.05, 0) is 36.8 Å². The third-order valence-corrected chi connectivity index (χ3v) is 3.27. The van der Waals surface area contributed by atoms with E-state index in [1.807, 2.05) is 25.1 Å². The van der Waals surface area contributed by atoms with Crippen LogP contribution in [0.15, 0.2) is 48.7 Å². The van der Waals surface area contributed by atoms with Crippen LogP contribution in [-0.4, -0.2) is 29.0 Å². The fourth-order valence-corrected chi connectivity index (χ4v) is 2.12. The molecule has 1 aromatic heterocycles. The smallest absolute Gasteiger partial charge is 0.317 e. The highest BCUT2D eigenvalue weighted by molar-refractivity contribution is 5.74. The Bertz CT molecular complexity index is 587. The molecular formula is C17H20FN3O. The minimum atomic E-state index is -0.276. The zero-order valence-electron chi connectivity index (χ0n) is 12.6. The van der Waals surface area contributed by atoms with Gasteiger partial charge in [-0.25, -0.2) is 9.18 Å². The molecule has 0 aliphatic carbocycles. The van der Waals surface area contributed by atoms with E-state index < -0.39 is 0 Å². The average molecular weight is 301 g/mol. The first-order chi connectivity index (χ1) is 10.7. The van der Waals surface area contributed by atoms with Crippen molar-refractivity contribution < 1.29 is 9.18 Å². The van der Waals surface area contributed by atoms with E-state index in [0.717, 1.165) is 11.3 Å². The number of hydrogen-bond acceptors (Lipinski definition) is 2. The highest BCUT2D eigenvalue weighted by atomic mass is 19.1. The molecule has 0 radical (unpaired) electrons. The summed E-state index contributed by atoms with van der Waals surface area (Å²) in [4.78, 5) is 18.1. The Balaban J connectivity index is 2.02. The first-order valence-electron chi connectivity index (χ1n) is 7.36. The first kappa shape index (κ1) is 15.9. The molecule has 0 saturated carbocycles. The Hall–Kier alpha value is -2.43. The molecule has 0 saturated heterocycles. The summed E-state index contributed by atoms with van der Waals surface area (Å²) in [5, 5.41) is 2.81. The topological polar surface area (TPSA) is 45.2 Å². The molecule has 4 nitrogen and oxygen atoms in total. The summed E-state index contributed by atoms with van der Waals surface area (Å²) in [6.07, 6.45) is 2.42. The lowest BCUT2D eigenvalue weighted by Crippen LogP contribution is -2.40. The second-order valence-electron chi connectivity index (χ2n) is 4.95. The van der Waals surface area contributed by atoms with Crippen molar-refractivity contribution in [1.82, 2.24) is 15.2 Å². The molecule has 0 unspecified atom stereocenters. The van der Waals surface area contributed by atoms with Crippen molar-refractivity contribution >= 4 is 6.03 Å². The molecule has 2 rings (SSSR count). The summed E-state index contributed by atoms with van der Waals surface area (Å²) in [6, 6.07) is 11.8. The molecule has 0 aliphatic heterocycles. The molecule has 0 bridgehead atoms. The highest BCUT2D eigenvalue weighted by Crippen LogP contribution is 2.08. The van der Waals surface area contributed by atoms with Crippen LogP contribution in [0.2, 0.25) is 0 Å². The van der Waals surface area contributed by atoms with Crippen molar-refractivity contribution in [2.75, 3.05) is 13.1 Å². The Kier molecular flexibility index (Phi) is 5.89. The third kappa shape index (κ3) is 4.84. The number of nitrogens with zero attached hydrogens (tertiary/aromatic N) is 2. The van der Waals surface area contributed by atoms with Gasteiger partial charge in [0.1, 0.15) is 5.82 Å². The lowest BCUT2D eigenvalue weighted by molar-refractivity contribution is 0.196. The van der Waals surface area contributed by atoms with Crippen LogP contribution in [0.5, 0.6) is 0 Å². The van der Waals surface area contributed by atoms with Gasteiger partial charge in [0.15, 0.2) is 0 Å². The quantitative estimate of drug-likeness (QED) is 0.891. The van der Waals surface area contributed by atoms with Gasteiger partial charge in [-0.3, -0.25) is 4.98 Å². The van der Waals surface area contributed by atoms with Crippen molar-refractivity contribution in [1.29, 1.82) is 0 Å². The van der Waals surface area contributed by atoms with Gasteiger partial charge in [-0.2, -0.15) is 0 Å². The lowest BCUT2D eigenvalue weighted by atomic mass is 10.2. The van der Waals surface area contributed by atoms with Gasteiger partial charge in [-0.15, -0.1) is 0 Å². The van der Waals surface area contributed by atoms with Crippen LogP contribution >= 0.6 is 0 Å². The zero-order valence-corrected chi connectivity index (χ0v) is 12.6. The van der Waals surface area contributed by atoms with Crippen LogP contribution in [0, 0.1) is 5.82 Å². The van der Waals surface area contributed by atoms with Crippen LogP contribution in [0.1, 0.15) is 18.2 Å². The van der Waals surface area contributed by atoms with E-state index in [4.69, 9.17) is 0 Å². The van der Waals surface area contributed by atoms with E-state index in [1.54, 1.807) is 23.2 Å². The molecular weight excluding hydrogens is 281 g/mol. The van der Waals surface area contributed by atoms with E-state index in [9.17, 15) is 9.18 Å². The molecule has 0 fully saturated rings. The molecule has 0 atom stereocenters. The van der Waals surface area contributed by atoms with Crippen LogP contribution in [0.3, 0.4) is 0 Å². The molecule has 2 amide bonds. The van der Waals surface area contributed by atoms with E-state index in [-0.39, 0.29) is 11.8 Å². The molecule has 5 heteroatoms. The van der Waals surface area contributed by atoms with E-state index in [2.05, 4.69) is 10.3 Å². The maximum atomic E-state index is 13.0. The fraction of sp³-hybridized carbons (Fsp3) is 0.294. The number of nitrogens with one attached hydrogen (secondary N) is 1. The van der Waals surface area contributed by atoms with Crippen LogP contribution in [0.4, 0.5) is 9.18 Å². The maximum Gasteiger partial charge on any atom is 0.317 e. The van der Waals surface area contributed by atoms with Gasteiger partial charge in [0.25, 0.3) is 0 Å². The number of pyridine rings is 1. The van der Waals surface area contributed by atoms with Gasteiger partial charge >= 0.3 is 6.03 Å². The monoisotopic (exact) mass is 301 g/mol. The van der Waals surface area contributed by atoms with E-state index in [1.165, 1.54) is 12.1 Å². The molecule has 1 N–H and O–H groups in total. The summed E-state index contributed by atoms with van der Waals surface area (Å²) < 4.78 is 13.0. The zero-order chi connectivity index (χ0) is 15.8. The number of amides is 2. The molecule has 2 aromatic rings. The van der Waals surface area contributed by atoms with Gasteiger partial charge < -0.3 is 10.2 Å². The van der Waals surface area contributed by atoms with E-state index >= 15 is 0 Å². The Labute approximate surface area is 130 Å². The van der Waals surface area contributed by atoms with Crippen LogP contribution < -0.4 is 5.32 Å². The predicted octanol–water partition coefficient (Wildman–Crippen LogP) is 2.99. The van der Waals surface area contributed by atoms with Crippen LogP contribution in [0.25, 0.3) is 0 Å². The van der Waals surface area contributed by atoms with Gasteiger partial charge in [0, 0.05) is 37.9 Å². The molecule has 1 aromatic carbocycles. The van der Waals surface area contributed by atoms with Gasteiger partial charge in [-0.1, -0.05) is 18.2 Å². The number of urea groups is 1. The standard InChI is InChI=1S/C17H20FN3O/c1-2-19-17(22)21(12-10-16-5-3-4-11-20-16)13-14-6-8-15(18)9-7-14/h3-9,11H,2,10,12-13H2,1H3,(H,19,22). The Morgan fingerprint density at radius 3 is 2.64 bits per heavy atom. The second kappa shape index (κ2) is 8.12. The Morgan fingerprint density at radius 1 is 1.23 bits per heavy atom. The summed E-state index contributed by atoms with van der Waals surface area (Å²) >= 11 is 0. The number of benzene rings is 1. The average Bonchev–Trinajstić information content (AvgIpc) is 2.54. The van der Waals surface area contributed by atoms with Gasteiger partial charge in [0.05, 0.1) is 0 Å². The van der Waals surface area contributed by atoms with Crippen LogP contribution in [-0.2, 0) is 13.0 Å². The number of halogens is 1. The summed E-state index contributed by atoms with van der Waals surface area (Å²) in [6.45, 7) is 3.45. The number of rotatable bonds is 6. The van der Waals surface area contributed by atoms with Crippen molar-refractivity contribution in [3.05, 3.63) is 65.7 Å². The SMILES string of the molecule is CCNC(=O)N(CCc1ccccn1)Cc1ccc(F)cc1. The highest BCUT2D eigenvalue weighted by Gasteiger charge is 2.13. The molecule has 116 valence electrons. The normalized spacial score (nSPS) is 10.3.